The van der Waals surface area contributed by atoms with Crippen LogP contribution in [0.15, 0.2) is 215 Å². The molecule has 0 aliphatic carbocycles. The normalized spacial score (nSPS) is 11.6. The molecule has 0 N–H and O–H groups in total. The van der Waals surface area contributed by atoms with Crippen LogP contribution in [0, 0.1) is 11.3 Å². The van der Waals surface area contributed by atoms with Crippen LogP contribution in [-0.2, 0) is 0 Å². The van der Waals surface area contributed by atoms with Crippen LogP contribution in [0.1, 0.15) is 5.56 Å². The number of fused-ring (bicyclic) bond motifs is 11. The Labute approximate surface area is 378 Å². The molecule has 0 aliphatic rings. The lowest BCUT2D eigenvalue weighted by atomic mass is 9.91. The van der Waals surface area contributed by atoms with Gasteiger partial charge in [-0.05, 0) is 110 Å². The summed E-state index contributed by atoms with van der Waals surface area (Å²) in [6.45, 7) is 0. The Hall–Kier alpha value is -9.18. The number of aromatic nitrogens is 3. The molecular formula is C60H34N4O2. The highest BCUT2D eigenvalue weighted by Crippen LogP contribution is 2.44. The Bertz CT molecular complexity index is 4120. The summed E-state index contributed by atoms with van der Waals surface area (Å²) in [5, 5.41) is 18.1. The van der Waals surface area contributed by atoms with Crippen LogP contribution in [0.5, 0.6) is 0 Å². The van der Waals surface area contributed by atoms with E-state index in [1.54, 1.807) is 0 Å². The van der Waals surface area contributed by atoms with Crippen molar-refractivity contribution in [1.82, 2.24) is 15.0 Å². The quantitative estimate of drug-likeness (QED) is 0.155. The van der Waals surface area contributed by atoms with Crippen molar-refractivity contribution >= 4 is 65.4 Å². The van der Waals surface area contributed by atoms with E-state index in [-0.39, 0.29) is 0 Å². The van der Waals surface area contributed by atoms with Crippen molar-refractivity contribution in [2.24, 2.45) is 0 Å². The zero-order chi connectivity index (χ0) is 43.7. The van der Waals surface area contributed by atoms with Gasteiger partial charge < -0.3 is 8.83 Å². The maximum absolute atomic E-state index is 9.33. The van der Waals surface area contributed by atoms with E-state index in [0.29, 0.717) is 23.0 Å². The molecule has 6 nitrogen and oxygen atoms in total. The van der Waals surface area contributed by atoms with E-state index in [1.165, 1.54) is 0 Å². The van der Waals surface area contributed by atoms with Crippen LogP contribution in [-0.4, -0.2) is 15.0 Å². The zero-order valence-corrected chi connectivity index (χ0v) is 35.2. The molecule has 0 saturated heterocycles. The van der Waals surface area contributed by atoms with Crippen molar-refractivity contribution in [3.05, 3.63) is 212 Å². The highest BCUT2D eigenvalue weighted by atomic mass is 16.3. The van der Waals surface area contributed by atoms with E-state index in [2.05, 4.69) is 121 Å². The Balaban J connectivity index is 0.933. The first kappa shape index (κ1) is 37.4. The number of furan rings is 2. The lowest BCUT2D eigenvalue weighted by Crippen LogP contribution is -2.00. The zero-order valence-electron chi connectivity index (χ0n) is 35.2. The molecule has 3 aromatic heterocycles. The summed E-state index contributed by atoms with van der Waals surface area (Å²) in [5.41, 5.74) is 13.1. The minimum Gasteiger partial charge on any atom is -0.456 e. The predicted octanol–water partition coefficient (Wildman–Crippen LogP) is 15.9. The SMILES string of the molecule is N#Cc1ccc(-c2cccc(-c3ccc4c5ccc(-c6cccc(-c7nc(-c8ccccc8)nc(-c8ccc9c(c8)oc8ccccc89)n7)c6)cc5c5oc6ccccc6c5c4c3)c2)cc1. The van der Waals surface area contributed by atoms with E-state index in [0.717, 1.165) is 115 Å². The molecule has 0 spiro atoms. The summed E-state index contributed by atoms with van der Waals surface area (Å²) in [6.07, 6.45) is 0. The van der Waals surface area contributed by atoms with Crippen molar-refractivity contribution < 1.29 is 8.83 Å². The highest BCUT2D eigenvalue weighted by molar-refractivity contribution is 6.31. The molecule has 0 radical (unpaired) electrons. The van der Waals surface area contributed by atoms with E-state index in [1.807, 2.05) is 91.0 Å². The molecule has 10 aromatic carbocycles. The number of nitriles is 1. The van der Waals surface area contributed by atoms with Gasteiger partial charge in [0, 0.05) is 43.6 Å². The van der Waals surface area contributed by atoms with Crippen LogP contribution < -0.4 is 0 Å². The summed E-state index contributed by atoms with van der Waals surface area (Å²) in [6, 6.07) is 73.0. The third kappa shape index (κ3) is 6.22. The lowest BCUT2D eigenvalue weighted by molar-refractivity contribution is 0.669. The molecule has 0 aliphatic heterocycles. The van der Waals surface area contributed by atoms with Gasteiger partial charge in [0.2, 0.25) is 0 Å². The fourth-order valence-corrected chi connectivity index (χ4v) is 9.48. The number of benzene rings is 10. The van der Waals surface area contributed by atoms with Gasteiger partial charge in [-0.15, -0.1) is 0 Å². The Morgan fingerprint density at radius 3 is 1.48 bits per heavy atom. The molecular weight excluding hydrogens is 809 g/mol. The molecule has 0 saturated carbocycles. The Morgan fingerprint density at radius 1 is 0.303 bits per heavy atom. The lowest BCUT2D eigenvalue weighted by Gasteiger charge is -2.12. The number of nitrogens with zero attached hydrogens (tertiary/aromatic N) is 4. The fraction of sp³-hybridized carbons (Fsp3) is 0. The minimum absolute atomic E-state index is 0.568. The summed E-state index contributed by atoms with van der Waals surface area (Å²) in [7, 11) is 0. The summed E-state index contributed by atoms with van der Waals surface area (Å²) in [4.78, 5) is 15.2. The third-order valence-electron chi connectivity index (χ3n) is 12.7. The van der Waals surface area contributed by atoms with Crippen molar-refractivity contribution in [1.29, 1.82) is 5.26 Å². The first-order valence-electron chi connectivity index (χ1n) is 21.9. The standard InChI is InChI=1S/C60H34N4O2/c61-35-36-20-22-37(23-21-36)39-12-8-13-40(30-39)42-24-27-46-47-28-25-43(33-52(47)57-56(51(46)32-42)50-17-5-7-19-54(50)66-57)41-14-9-15-44(31-41)59-62-58(38-10-2-1-3-11-38)63-60(64-59)45-26-29-49-48-16-4-6-18-53(48)65-55(49)34-45/h1-34H. The van der Waals surface area contributed by atoms with Crippen molar-refractivity contribution in [2.75, 3.05) is 0 Å². The molecule has 3 heterocycles. The van der Waals surface area contributed by atoms with Gasteiger partial charge in [0.15, 0.2) is 17.5 Å². The predicted molar refractivity (Wildman–Crippen MR) is 267 cm³/mol. The second-order valence-electron chi connectivity index (χ2n) is 16.7. The van der Waals surface area contributed by atoms with Crippen LogP contribution >= 0.6 is 0 Å². The van der Waals surface area contributed by atoms with Crippen molar-refractivity contribution in [3.63, 3.8) is 0 Å². The van der Waals surface area contributed by atoms with Gasteiger partial charge in [0.25, 0.3) is 0 Å². The van der Waals surface area contributed by atoms with Gasteiger partial charge in [-0.1, -0.05) is 146 Å². The van der Waals surface area contributed by atoms with Gasteiger partial charge in [0.05, 0.1) is 11.6 Å². The Kier molecular flexibility index (Phi) is 8.48. The topological polar surface area (TPSA) is 88.7 Å². The molecule has 0 fully saturated rings. The molecule has 0 atom stereocenters. The second-order valence-corrected chi connectivity index (χ2v) is 16.7. The monoisotopic (exact) mass is 842 g/mol. The van der Waals surface area contributed by atoms with E-state index in [4.69, 9.17) is 23.8 Å². The van der Waals surface area contributed by atoms with Crippen LogP contribution in [0.2, 0.25) is 0 Å². The fourth-order valence-electron chi connectivity index (χ4n) is 9.48. The molecule has 0 unspecified atom stereocenters. The molecule has 13 aromatic rings. The summed E-state index contributed by atoms with van der Waals surface area (Å²) in [5.74, 6) is 1.74. The van der Waals surface area contributed by atoms with Crippen molar-refractivity contribution in [2.45, 2.75) is 0 Å². The third-order valence-corrected chi connectivity index (χ3v) is 12.7. The number of hydrogen-bond acceptors (Lipinski definition) is 6. The Morgan fingerprint density at radius 2 is 0.773 bits per heavy atom. The van der Waals surface area contributed by atoms with Gasteiger partial charge in [-0.2, -0.15) is 5.26 Å². The van der Waals surface area contributed by atoms with Crippen LogP contribution in [0.3, 0.4) is 0 Å². The van der Waals surface area contributed by atoms with E-state index in [9.17, 15) is 5.26 Å². The summed E-state index contributed by atoms with van der Waals surface area (Å²) >= 11 is 0. The first-order chi connectivity index (χ1) is 32.6. The van der Waals surface area contributed by atoms with Crippen LogP contribution in [0.25, 0.3) is 133 Å². The maximum atomic E-state index is 9.33. The molecule has 306 valence electrons. The largest absolute Gasteiger partial charge is 0.456 e. The minimum atomic E-state index is 0.568. The first-order valence-corrected chi connectivity index (χ1v) is 21.9. The molecule has 0 amide bonds. The molecule has 66 heavy (non-hydrogen) atoms. The number of para-hydroxylation sites is 2. The highest BCUT2D eigenvalue weighted by Gasteiger charge is 2.19. The van der Waals surface area contributed by atoms with Gasteiger partial charge in [-0.25, -0.2) is 15.0 Å². The van der Waals surface area contributed by atoms with E-state index >= 15 is 0 Å². The van der Waals surface area contributed by atoms with Crippen LogP contribution in [0.4, 0.5) is 0 Å². The maximum Gasteiger partial charge on any atom is 0.164 e. The molecule has 13 rings (SSSR count). The smallest absolute Gasteiger partial charge is 0.164 e. The van der Waals surface area contributed by atoms with Gasteiger partial charge in [0.1, 0.15) is 22.3 Å². The second kappa shape index (κ2) is 15.0. The average Bonchev–Trinajstić information content (AvgIpc) is 3.98. The summed E-state index contributed by atoms with van der Waals surface area (Å²) < 4.78 is 13.1. The van der Waals surface area contributed by atoms with Gasteiger partial charge >= 0.3 is 0 Å². The van der Waals surface area contributed by atoms with Gasteiger partial charge in [-0.3, -0.25) is 0 Å². The average molecular weight is 843 g/mol. The number of hydrogen-bond donors (Lipinski definition) is 0. The molecule has 6 heteroatoms. The number of rotatable bonds is 6. The van der Waals surface area contributed by atoms with E-state index < -0.39 is 0 Å². The van der Waals surface area contributed by atoms with Crippen molar-refractivity contribution in [3.8, 4) is 73.6 Å². The molecule has 0 bridgehead atoms.